The molecule has 0 fully saturated rings. The molecule has 2 aromatic rings. The number of amidine groups is 1. The molecule has 3 N–H and O–H groups in total. The van der Waals surface area contributed by atoms with Crippen molar-refractivity contribution in [3.63, 3.8) is 0 Å². The molecule has 0 atom stereocenters. The first-order chi connectivity index (χ1) is 9.52. The minimum atomic E-state index is 0.0217. The van der Waals surface area contributed by atoms with Crippen LogP contribution in [0.15, 0.2) is 42.5 Å². The number of anilines is 2. The smallest absolute Gasteiger partial charge is 0.122 e. The van der Waals surface area contributed by atoms with Crippen molar-refractivity contribution in [2.24, 2.45) is 5.73 Å². The van der Waals surface area contributed by atoms with E-state index in [-0.39, 0.29) is 5.84 Å². The summed E-state index contributed by atoms with van der Waals surface area (Å²) in [7, 11) is 1.97. The van der Waals surface area contributed by atoms with Crippen LogP contribution in [0.1, 0.15) is 18.1 Å². The maximum atomic E-state index is 7.42. The summed E-state index contributed by atoms with van der Waals surface area (Å²) in [5.74, 6) is 0.0217. The van der Waals surface area contributed by atoms with Gasteiger partial charge in [-0.1, -0.05) is 30.7 Å². The Kier molecular flexibility index (Phi) is 4.30. The molecule has 0 unspecified atom stereocenters. The standard InChI is InChI=1S/C16H18ClN3/c1-3-11-4-7-13(8-5-11)20(2)15-9-6-12(16(18)19)10-14(15)17/h4-10H,3H2,1-2H3,(H3,18,19). The molecule has 0 bridgehead atoms. The van der Waals surface area contributed by atoms with Gasteiger partial charge in [0.2, 0.25) is 0 Å². The lowest BCUT2D eigenvalue weighted by molar-refractivity contribution is 1.13. The Morgan fingerprint density at radius 2 is 1.85 bits per heavy atom. The van der Waals surface area contributed by atoms with Crippen molar-refractivity contribution in [3.8, 4) is 0 Å². The predicted octanol–water partition coefficient (Wildman–Crippen LogP) is 3.95. The molecule has 0 radical (unpaired) electrons. The quantitative estimate of drug-likeness (QED) is 0.661. The van der Waals surface area contributed by atoms with Crippen LogP contribution in [0.2, 0.25) is 5.02 Å². The molecule has 0 amide bonds. The van der Waals surface area contributed by atoms with E-state index in [0.717, 1.165) is 17.8 Å². The fourth-order valence-corrected chi connectivity index (χ4v) is 2.35. The largest absolute Gasteiger partial charge is 0.384 e. The first-order valence-electron chi connectivity index (χ1n) is 6.49. The van der Waals surface area contributed by atoms with Crippen LogP contribution in [0.4, 0.5) is 11.4 Å². The minimum absolute atomic E-state index is 0.0217. The van der Waals surface area contributed by atoms with Crippen LogP contribution < -0.4 is 10.6 Å². The van der Waals surface area contributed by atoms with E-state index in [1.54, 1.807) is 12.1 Å². The molecule has 0 saturated heterocycles. The van der Waals surface area contributed by atoms with Crippen LogP contribution in [0.25, 0.3) is 0 Å². The number of nitrogens with two attached hydrogens (primary N) is 1. The lowest BCUT2D eigenvalue weighted by atomic mass is 10.1. The molecular weight excluding hydrogens is 270 g/mol. The molecule has 2 aromatic carbocycles. The predicted molar refractivity (Wildman–Crippen MR) is 86.4 cm³/mol. The van der Waals surface area contributed by atoms with Crippen molar-refractivity contribution >= 4 is 28.8 Å². The number of nitrogen functional groups attached to an aromatic ring is 1. The number of hydrogen-bond acceptors (Lipinski definition) is 2. The Morgan fingerprint density at radius 3 is 2.35 bits per heavy atom. The van der Waals surface area contributed by atoms with E-state index in [4.69, 9.17) is 22.7 Å². The number of nitrogens with zero attached hydrogens (tertiary/aromatic N) is 1. The third-order valence-electron chi connectivity index (χ3n) is 3.35. The fourth-order valence-electron chi connectivity index (χ4n) is 2.04. The maximum Gasteiger partial charge on any atom is 0.122 e. The van der Waals surface area contributed by atoms with Crippen LogP contribution in [0.5, 0.6) is 0 Å². The van der Waals surface area contributed by atoms with Crippen molar-refractivity contribution in [1.29, 1.82) is 5.41 Å². The zero-order valence-corrected chi connectivity index (χ0v) is 12.4. The van der Waals surface area contributed by atoms with Gasteiger partial charge in [-0.15, -0.1) is 0 Å². The van der Waals surface area contributed by atoms with Crippen molar-refractivity contribution in [2.45, 2.75) is 13.3 Å². The SMILES string of the molecule is CCc1ccc(N(C)c2ccc(C(=N)N)cc2Cl)cc1. The molecule has 104 valence electrons. The third kappa shape index (κ3) is 2.94. The highest BCUT2D eigenvalue weighted by molar-refractivity contribution is 6.33. The van der Waals surface area contributed by atoms with Gasteiger partial charge in [0, 0.05) is 18.3 Å². The van der Waals surface area contributed by atoms with Gasteiger partial charge in [-0.3, -0.25) is 5.41 Å². The number of rotatable bonds is 4. The summed E-state index contributed by atoms with van der Waals surface area (Å²) in [5.41, 5.74) is 9.36. The molecule has 0 heterocycles. The van der Waals surface area contributed by atoms with Gasteiger partial charge in [0.1, 0.15) is 5.84 Å². The van der Waals surface area contributed by atoms with Gasteiger partial charge < -0.3 is 10.6 Å². The normalized spacial score (nSPS) is 10.3. The molecule has 0 spiro atoms. The van der Waals surface area contributed by atoms with Gasteiger partial charge in [0.15, 0.2) is 0 Å². The van der Waals surface area contributed by atoms with Crippen LogP contribution in [0.3, 0.4) is 0 Å². The third-order valence-corrected chi connectivity index (χ3v) is 3.65. The Hall–Kier alpha value is -2.00. The average Bonchev–Trinajstić information content (AvgIpc) is 2.46. The number of nitrogens with one attached hydrogen (secondary N) is 1. The minimum Gasteiger partial charge on any atom is -0.384 e. The average molecular weight is 288 g/mol. The van der Waals surface area contributed by atoms with E-state index in [1.807, 2.05) is 18.0 Å². The number of halogens is 1. The summed E-state index contributed by atoms with van der Waals surface area (Å²) in [6.07, 6.45) is 1.03. The summed E-state index contributed by atoms with van der Waals surface area (Å²) in [6.45, 7) is 2.13. The Bertz CT molecular complexity index is 620. The van der Waals surface area contributed by atoms with E-state index in [9.17, 15) is 0 Å². The van der Waals surface area contributed by atoms with Gasteiger partial charge in [0.05, 0.1) is 10.7 Å². The van der Waals surface area contributed by atoms with Crippen LogP contribution in [0, 0.1) is 5.41 Å². The second-order valence-corrected chi connectivity index (χ2v) is 5.07. The van der Waals surface area contributed by atoms with Crippen LogP contribution >= 0.6 is 11.6 Å². The molecule has 20 heavy (non-hydrogen) atoms. The Labute approximate surface area is 124 Å². The summed E-state index contributed by atoms with van der Waals surface area (Å²) in [6, 6.07) is 13.8. The van der Waals surface area contributed by atoms with Gasteiger partial charge in [0.25, 0.3) is 0 Å². The molecule has 3 nitrogen and oxygen atoms in total. The lowest BCUT2D eigenvalue weighted by Gasteiger charge is -2.21. The van der Waals surface area contributed by atoms with E-state index in [2.05, 4.69) is 31.2 Å². The highest BCUT2D eigenvalue weighted by Gasteiger charge is 2.09. The van der Waals surface area contributed by atoms with E-state index < -0.39 is 0 Å². The van der Waals surface area contributed by atoms with Crippen LogP contribution in [-0.4, -0.2) is 12.9 Å². The Balaban J connectivity index is 2.32. The number of aryl methyl sites for hydroxylation is 1. The molecule has 0 aliphatic rings. The molecule has 0 saturated carbocycles. The van der Waals surface area contributed by atoms with Crippen molar-refractivity contribution in [2.75, 3.05) is 11.9 Å². The monoisotopic (exact) mass is 287 g/mol. The highest BCUT2D eigenvalue weighted by Crippen LogP contribution is 2.31. The summed E-state index contributed by atoms with van der Waals surface area (Å²) in [4.78, 5) is 2.02. The van der Waals surface area contributed by atoms with Crippen molar-refractivity contribution in [3.05, 3.63) is 58.6 Å². The zero-order valence-electron chi connectivity index (χ0n) is 11.7. The Morgan fingerprint density at radius 1 is 1.20 bits per heavy atom. The number of benzene rings is 2. The topological polar surface area (TPSA) is 53.1 Å². The van der Waals surface area contributed by atoms with Gasteiger partial charge in [-0.2, -0.15) is 0 Å². The molecule has 0 aliphatic carbocycles. The summed E-state index contributed by atoms with van der Waals surface area (Å²) >= 11 is 6.28. The zero-order chi connectivity index (χ0) is 14.7. The van der Waals surface area contributed by atoms with E-state index >= 15 is 0 Å². The van der Waals surface area contributed by atoms with Gasteiger partial charge >= 0.3 is 0 Å². The highest BCUT2D eigenvalue weighted by atomic mass is 35.5. The molecule has 4 heteroatoms. The maximum absolute atomic E-state index is 7.42. The summed E-state index contributed by atoms with van der Waals surface area (Å²) < 4.78 is 0. The summed E-state index contributed by atoms with van der Waals surface area (Å²) in [5, 5.41) is 8.01. The van der Waals surface area contributed by atoms with Crippen LogP contribution in [-0.2, 0) is 6.42 Å². The molecule has 0 aliphatic heterocycles. The second kappa shape index (κ2) is 5.97. The van der Waals surface area contributed by atoms with Gasteiger partial charge in [-0.25, -0.2) is 0 Å². The number of hydrogen-bond donors (Lipinski definition) is 2. The van der Waals surface area contributed by atoms with Gasteiger partial charge in [-0.05, 0) is 42.3 Å². The van der Waals surface area contributed by atoms with E-state index in [1.165, 1.54) is 5.56 Å². The van der Waals surface area contributed by atoms with E-state index in [0.29, 0.717) is 10.6 Å². The van der Waals surface area contributed by atoms with Crippen molar-refractivity contribution < 1.29 is 0 Å². The first-order valence-corrected chi connectivity index (χ1v) is 6.87. The second-order valence-electron chi connectivity index (χ2n) is 4.66. The molecular formula is C16H18ClN3. The fraction of sp³-hybridized carbons (Fsp3) is 0.188. The lowest BCUT2D eigenvalue weighted by Crippen LogP contribution is -2.13. The van der Waals surface area contributed by atoms with Crippen molar-refractivity contribution in [1.82, 2.24) is 0 Å². The molecule has 2 rings (SSSR count). The first kappa shape index (κ1) is 14.4. The molecule has 0 aromatic heterocycles.